The van der Waals surface area contributed by atoms with E-state index in [0.717, 1.165) is 35.3 Å². The van der Waals surface area contributed by atoms with Crippen molar-refractivity contribution in [2.75, 3.05) is 6.54 Å². The van der Waals surface area contributed by atoms with Gasteiger partial charge in [0.25, 0.3) is 5.91 Å². The number of hydrogen-bond acceptors (Lipinski definition) is 4. The van der Waals surface area contributed by atoms with Crippen molar-refractivity contribution in [2.24, 2.45) is 0 Å². The van der Waals surface area contributed by atoms with E-state index in [4.69, 9.17) is 9.15 Å². The molecule has 1 aliphatic rings. The van der Waals surface area contributed by atoms with E-state index in [0.29, 0.717) is 28.8 Å². The van der Waals surface area contributed by atoms with Crippen LogP contribution in [0, 0.1) is 13.8 Å². The van der Waals surface area contributed by atoms with Crippen molar-refractivity contribution in [2.45, 2.75) is 39.7 Å². The number of amides is 1. The zero-order valence-electron chi connectivity index (χ0n) is 19.6. The summed E-state index contributed by atoms with van der Waals surface area (Å²) in [5, 5.41) is 0.508. The summed E-state index contributed by atoms with van der Waals surface area (Å²) in [5.74, 6) is 1.29. The molecule has 5 rings (SSSR count). The number of para-hydroxylation sites is 1. The Labute approximate surface area is 198 Å². The maximum absolute atomic E-state index is 13.7. The van der Waals surface area contributed by atoms with Crippen molar-refractivity contribution in [1.82, 2.24) is 4.90 Å². The Morgan fingerprint density at radius 1 is 0.912 bits per heavy atom. The molecule has 1 amide bonds. The van der Waals surface area contributed by atoms with E-state index in [-0.39, 0.29) is 17.1 Å². The molecule has 0 saturated heterocycles. The molecule has 0 saturated carbocycles. The second-order valence-electron chi connectivity index (χ2n) is 8.85. The molecule has 2 heterocycles. The number of nitrogens with zero attached hydrogens (tertiary/aromatic N) is 1. The third kappa shape index (κ3) is 3.77. The molecule has 34 heavy (non-hydrogen) atoms. The summed E-state index contributed by atoms with van der Waals surface area (Å²) in [6.07, 6.45) is 1.77. The Kier molecular flexibility index (Phi) is 5.70. The summed E-state index contributed by atoms with van der Waals surface area (Å²) in [4.78, 5) is 29.0. The third-order valence-corrected chi connectivity index (χ3v) is 6.49. The van der Waals surface area contributed by atoms with Crippen LogP contribution in [0.2, 0.25) is 0 Å². The van der Waals surface area contributed by atoms with Crippen molar-refractivity contribution >= 4 is 16.9 Å². The number of hydrogen-bond donors (Lipinski definition) is 0. The van der Waals surface area contributed by atoms with Crippen LogP contribution in [-0.2, 0) is 0 Å². The minimum absolute atomic E-state index is 0.147. The van der Waals surface area contributed by atoms with Gasteiger partial charge in [0.05, 0.1) is 17.0 Å². The number of fused-ring (bicyclic) bond motifs is 2. The lowest BCUT2D eigenvalue weighted by Gasteiger charge is -2.25. The lowest BCUT2D eigenvalue weighted by atomic mass is 9.97. The number of unbranched alkanes of at least 4 members (excludes halogenated alkanes) is 1. The average molecular weight is 454 g/mol. The zero-order chi connectivity index (χ0) is 23.8. The van der Waals surface area contributed by atoms with Gasteiger partial charge in [0.15, 0.2) is 5.43 Å². The van der Waals surface area contributed by atoms with Crippen LogP contribution >= 0.6 is 0 Å². The Bertz CT molecular complexity index is 1440. The summed E-state index contributed by atoms with van der Waals surface area (Å²) in [5.41, 5.74) is 3.58. The first kappa shape index (κ1) is 22.0. The van der Waals surface area contributed by atoms with Crippen molar-refractivity contribution in [3.8, 4) is 11.5 Å². The van der Waals surface area contributed by atoms with Gasteiger partial charge in [-0.1, -0.05) is 43.7 Å². The molecule has 1 aromatic heterocycles. The van der Waals surface area contributed by atoms with Gasteiger partial charge in [0.1, 0.15) is 17.1 Å². The van der Waals surface area contributed by atoms with E-state index < -0.39 is 6.04 Å². The molecule has 4 aromatic rings. The van der Waals surface area contributed by atoms with E-state index in [2.05, 4.69) is 6.92 Å². The Morgan fingerprint density at radius 2 is 1.65 bits per heavy atom. The summed E-state index contributed by atoms with van der Waals surface area (Å²) < 4.78 is 12.1. The minimum Gasteiger partial charge on any atom is -0.457 e. The molecule has 0 spiro atoms. The topological polar surface area (TPSA) is 59.8 Å². The highest BCUT2D eigenvalue weighted by Gasteiger charge is 2.42. The van der Waals surface area contributed by atoms with Crippen LogP contribution in [0.25, 0.3) is 11.0 Å². The van der Waals surface area contributed by atoms with Crippen LogP contribution < -0.4 is 10.2 Å². The molecule has 1 aliphatic heterocycles. The molecule has 172 valence electrons. The largest absolute Gasteiger partial charge is 0.457 e. The molecule has 0 fully saturated rings. The van der Waals surface area contributed by atoms with E-state index in [1.807, 2.05) is 80.6 Å². The fourth-order valence-electron chi connectivity index (χ4n) is 4.55. The van der Waals surface area contributed by atoms with Crippen molar-refractivity contribution in [3.05, 3.63) is 105 Å². The van der Waals surface area contributed by atoms with Gasteiger partial charge in [-0.3, -0.25) is 9.59 Å². The molecule has 0 unspecified atom stereocenters. The first-order valence-corrected chi connectivity index (χ1v) is 11.7. The summed E-state index contributed by atoms with van der Waals surface area (Å²) in [6, 6.07) is 20.3. The van der Waals surface area contributed by atoms with Gasteiger partial charge < -0.3 is 14.1 Å². The highest BCUT2D eigenvalue weighted by Crippen LogP contribution is 2.39. The van der Waals surface area contributed by atoms with Crippen LogP contribution in [-0.4, -0.2) is 17.4 Å². The van der Waals surface area contributed by atoms with Crippen molar-refractivity contribution < 1.29 is 13.9 Å². The number of ether oxygens (including phenoxy) is 1. The Balaban J connectivity index is 1.66. The van der Waals surface area contributed by atoms with E-state index >= 15 is 0 Å². The zero-order valence-corrected chi connectivity index (χ0v) is 19.6. The van der Waals surface area contributed by atoms with Crippen LogP contribution in [0.4, 0.5) is 0 Å². The molecule has 0 aliphatic carbocycles. The summed E-state index contributed by atoms with van der Waals surface area (Å²) >= 11 is 0. The second-order valence-corrected chi connectivity index (χ2v) is 8.85. The monoisotopic (exact) mass is 453 g/mol. The number of benzene rings is 3. The van der Waals surface area contributed by atoms with Gasteiger partial charge in [-0.15, -0.1) is 0 Å². The van der Waals surface area contributed by atoms with Gasteiger partial charge >= 0.3 is 0 Å². The highest BCUT2D eigenvalue weighted by atomic mass is 16.5. The van der Waals surface area contributed by atoms with Crippen LogP contribution in [0.5, 0.6) is 11.5 Å². The molecule has 0 N–H and O–H groups in total. The van der Waals surface area contributed by atoms with Gasteiger partial charge in [-0.2, -0.15) is 0 Å². The van der Waals surface area contributed by atoms with Gasteiger partial charge in [0, 0.05) is 6.54 Å². The molecule has 5 nitrogen and oxygen atoms in total. The molecule has 3 aromatic carbocycles. The van der Waals surface area contributed by atoms with Gasteiger partial charge in [0.2, 0.25) is 5.76 Å². The van der Waals surface area contributed by atoms with Crippen LogP contribution in [0.3, 0.4) is 0 Å². The SMILES string of the molecule is CCCCN1C(=O)c2oc3cc(C)c(C)cc3c(=O)c2[C@H]1c1cccc(Oc2ccccc2)c1. The molecule has 0 bridgehead atoms. The molecule has 1 atom stereocenters. The number of carbonyl (C=O) groups excluding carboxylic acids is 1. The number of aryl methyl sites for hydroxylation is 2. The Hall–Kier alpha value is -3.86. The fraction of sp³-hybridized carbons (Fsp3) is 0.241. The lowest BCUT2D eigenvalue weighted by molar-refractivity contribution is 0.0725. The standard InChI is InChI=1S/C29H27NO4/c1-4-5-14-30-26(20-10-9-13-22(17-20)33-21-11-7-6-8-12-21)25-27(31)23-15-18(2)19(3)16-24(23)34-28(25)29(30)32/h6-13,15-17,26H,4-5,14H2,1-3H3/t26-/m1/s1. The normalized spacial score (nSPS) is 15.1. The molecule has 0 radical (unpaired) electrons. The fourth-order valence-corrected chi connectivity index (χ4v) is 4.55. The maximum atomic E-state index is 13.7. The molecular formula is C29H27NO4. The minimum atomic E-state index is -0.518. The van der Waals surface area contributed by atoms with Crippen LogP contribution in [0.1, 0.15) is 58.6 Å². The van der Waals surface area contributed by atoms with Gasteiger partial charge in [-0.05, 0) is 73.4 Å². The van der Waals surface area contributed by atoms with Gasteiger partial charge in [-0.25, -0.2) is 0 Å². The quantitative estimate of drug-likeness (QED) is 0.332. The van der Waals surface area contributed by atoms with Crippen molar-refractivity contribution in [1.29, 1.82) is 0 Å². The second kappa shape index (κ2) is 8.82. The highest BCUT2D eigenvalue weighted by molar-refractivity contribution is 5.99. The number of carbonyl (C=O) groups is 1. The third-order valence-electron chi connectivity index (χ3n) is 6.49. The average Bonchev–Trinajstić information content (AvgIpc) is 3.11. The number of rotatable bonds is 6. The first-order chi connectivity index (χ1) is 16.5. The van der Waals surface area contributed by atoms with Crippen LogP contribution in [0.15, 0.2) is 75.9 Å². The van der Waals surface area contributed by atoms with E-state index in [9.17, 15) is 9.59 Å². The Morgan fingerprint density at radius 3 is 2.41 bits per heavy atom. The lowest BCUT2D eigenvalue weighted by Crippen LogP contribution is -2.30. The van der Waals surface area contributed by atoms with E-state index in [1.54, 1.807) is 4.90 Å². The predicted molar refractivity (Wildman–Crippen MR) is 133 cm³/mol. The molecular weight excluding hydrogens is 426 g/mol. The summed E-state index contributed by atoms with van der Waals surface area (Å²) in [6.45, 7) is 6.57. The predicted octanol–water partition coefficient (Wildman–Crippen LogP) is 6.55. The molecule has 5 heteroatoms. The first-order valence-electron chi connectivity index (χ1n) is 11.7. The maximum Gasteiger partial charge on any atom is 0.290 e. The van der Waals surface area contributed by atoms with Crippen molar-refractivity contribution in [3.63, 3.8) is 0 Å². The smallest absolute Gasteiger partial charge is 0.290 e. The summed E-state index contributed by atoms with van der Waals surface area (Å²) in [7, 11) is 0. The van der Waals surface area contributed by atoms with E-state index in [1.165, 1.54) is 0 Å².